The van der Waals surface area contributed by atoms with E-state index in [1.807, 2.05) is 31.2 Å². The Morgan fingerprint density at radius 3 is 2.87 bits per heavy atom. The first kappa shape index (κ1) is 15.2. The zero-order valence-electron chi connectivity index (χ0n) is 12.5. The Morgan fingerprint density at radius 1 is 1.30 bits per heavy atom. The number of carbonyl (C=O) groups excluding carboxylic acids is 1. The fourth-order valence-corrected chi connectivity index (χ4v) is 2.29. The van der Waals surface area contributed by atoms with Crippen LogP contribution in [0, 0.1) is 6.92 Å². The first-order valence-electron chi connectivity index (χ1n) is 7.02. The van der Waals surface area contributed by atoms with E-state index in [1.165, 1.54) is 0 Å². The number of rotatable bonds is 5. The van der Waals surface area contributed by atoms with Gasteiger partial charge in [-0.3, -0.25) is 14.8 Å². The van der Waals surface area contributed by atoms with Gasteiger partial charge in [-0.2, -0.15) is 5.10 Å². The number of hydrogen-bond acceptors (Lipinski definition) is 4. The Balaban J connectivity index is 1.61. The Bertz CT molecular complexity index is 825. The third kappa shape index (κ3) is 3.95. The Labute approximate surface area is 137 Å². The second kappa shape index (κ2) is 6.62. The molecule has 118 valence electrons. The molecule has 1 amide bonds. The normalized spacial score (nSPS) is 10.7. The third-order valence-electron chi connectivity index (χ3n) is 3.15. The van der Waals surface area contributed by atoms with Crippen molar-refractivity contribution in [2.45, 2.75) is 20.0 Å². The van der Waals surface area contributed by atoms with Crippen molar-refractivity contribution in [1.29, 1.82) is 0 Å². The molecule has 0 unspecified atom stereocenters. The van der Waals surface area contributed by atoms with Crippen molar-refractivity contribution < 1.29 is 4.79 Å². The Morgan fingerprint density at radius 2 is 2.13 bits per heavy atom. The summed E-state index contributed by atoms with van der Waals surface area (Å²) in [5.41, 5.74) is 1.93. The van der Waals surface area contributed by atoms with Crippen molar-refractivity contribution in [3.63, 3.8) is 0 Å². The monoisotopic (exact) mass is 330 g/mol. The topological polar surface area (TPSA) is 77.6 Å². The average Bonchev–Trinajstić information content (AvgIpc) is 3.11. The summed E-state index contributed by atoms with van der Waals surface area (Å²) in [6.45, 7) is 2.52. The van der Waals surface area contributed by atoms with Crippen molar-refractivity contribution in [3.05, 3.63) is 59.1 Å². The molecule has 7 nitrogen and oxygen atoms in total. The second-order valence-electron chi connectivity index (χ2n) is 5.12. The van der Waals surface area contributed by atoms with Gasteiger partial charge in [0.2, 0.25) is 11.9 Å². The van der Waals surface area contributed by atoms with Gasteiger partial charge < -0.3 is 0 Å². The molecule has 1 aromatic carbocycles. The van der Waals surface area contributed by atoms with Crippen LogP contribution in [0.5, 0.6) is 0 Å². The number of carbonyl (C=O) groups is 1. The van der Waals surface area contributed by atoms with Gasteiger partial charge in [0, 0.05) is 11.2 Å². The largest absolute Gasteiger partial charge is 0.292 e. The van der Waals surface area contributed by atoms with Crippen LogP contribution in [0.1, 0.15) is 11.1 Å². The number of anilines is 1. The number of aryl methyl sites for hydroxylation is 1. The van der Waals surface area contributed by atoms with Gasteiger partial charge in [0.15, 0.2) is 0 Å². The smallest absolute Gasteiger partial charge is 0.248 e. The number of benzene rings is 1. The van der Waals surface area contributed by atoms with Gasteiger partial charge in [-0.1, -0.05) is 29.8 Å². The van der Waals surface area contributed by atoms with Gasteiger partial charge in [-0.25, -0.2) is 9.67 Å². The number of halogens is 1. The Kier molecular flexibility index (Phi) is 4.38. The van der Waals surface area contributed by atoms with Crippen LogP contribution in [0.25, 0.3) is 0 Å². The van der Waals surface area contributed by atoms with Gasteiger partial charge in [0.05, 0.1) is 12.7 Å². The molecule has 23 heavy (non-hydrogen) atoms. The fourth-order valence-electron chi connectivity index (χ4n) is 2.09. The highest BCUT2D eigenvalue weighted by atomic mass is 35.5. The predicted molar refractivity (Wildman–Crippen MR) is 86.2 cm³/mol. The first-order valence-corrected chi connectivity index (χ1v) is 7.40. The molecule has 2 heterocycles. The van der Waals surface area contributed by atoms with E-state index in [4.69, 9.17) is 11.6 Å². The molecule has 8 heteroatoms. The minimum absolute atomic E-state index is 0.118. The number of nitrogens with one attached hydrogen (secondary N) is 1. The third-order valence-corrected chi connectivity index (χ3v) is 3.51. The minimum Gasteiger partial charge on any atom is -0.292 e. The molecule has 3 aromatic rings. The molecule has 0 fully saturated rings. The highest BCUT2D eigenvalue weighted by Crippen LogP contribution is 2.15. The highest BCUT2D eigenvalue weighted by Gasteiger charge is 2.09. The van der Waals surface area contributed by atoms with E-state index in [0.717, 1.165) is 11.1 Å². The molecule has 0 saturated heterocycles. The summed E-state index contributed by atoms with van der Waals surface area (Å²) in [7, 11) is 0. The van der Waals surface area contributed by atoms with Crippen molar-refractivity contribution in [3.8, 4) is 0 Å². The van der Waals surface area contributed by atoms with Gasteiger partial charge in [-0.05, 0) is 24.1 Å². The lowest BCUT2D eigenvalue weighted by Gasteiger charge is -2.03. The summed E-state index contributed by atoms with van der Waals surface area (Å²) in [5, 5.41) is 11.6. The molecule has 0 aliphatic heterocycles. The lowest BCUT2D eigenvalue weighted by atomic mass is 10.2. The highest BCUT2D eigenvalue weighted by molar-refractivity contribution is 6.31. The molecule has 0 radical (unpaired) electrons. The first-order chi connectivity index (χ1) is 11.1. The van der Waals surface area contributed by atoms with Crippen LogP contribution in [0.3, 0.4) is 0 Å². The van der Waals surface area contributed by atoms with Crippen LogP contribution >= 0.6 is 11.6 Å². The maximum atomic E-state index is 11.9. The molecule has 2 aromatic heterocycles. The predicted octanol–water partition coefficient (Wildman–Crippen LogP) is 2.12. The molecule has 0 aliphatic rings. The number of amides is 1. The zero-order chi connectivity index (χ0) is 16.2. The van der Waals surface area contributed by atoms with E-state index in [-0.39, 0.29) is 18.4 Å². The molecule has 1 N–H and O–H groups in total. The zero-order valence-corrected chi connectivity index (χ0v) is 13.2. The average molecular weight is 331 g/mol. The number of hydrogen-bond donors (Lipinski definition) is 1. The van der Waals surface area contributed by atoms with Crippen molar-refractivity contribution >= 4 is 23.5 Å². The number of aromatic nitrogens is 5. The molecule has 0 spiro atoms. The van der Waals surface area contributed by atoms with Crippen LogP contribution in [0.15, 0.2) is 43.0 Å². The lowest BCUT2D eigenvalue weighted by molar-refractivity contribution is -0.116. The van der Waals surface area contributed by atoms with Crippen LogP contribution in [0.2, 0.25) is 5.02 Å². The standard InChI is InChI=1S/C15H15ClN6O/c1-11-6-18-21(7-11)9-14(23)19-15-17-10-22(20-15)8-12-4-2-3-5-13(12)16/h2-7,10H,8-9H2,1H3,(H,19,20,23). The molecular formula is C15H15ClN6O. The van der Waals surface area contributed by atoms with E-state index in [2.05, 4.69) is 20.5 Å². The fraction of sp³-hybridized carbons (Fsp3) is 0.200. The van der Waals surface area contributed by atoms with Crippen molar-refractivity contribution in [1.82, 2.24) is 24.5 Å². The van der Waals surface area contributed by atoms with Gasteiger partial charge in [0.25, 0.3) is 0 Å². The Hall–Kier alpha value is -2.67. The molecule has 0 aliphatic carbocycles. The summed E-state index contributed by atoms with van der Waals surface area (Å²) in [5.74, 6) is 0.0227. The van der Waals surface area contributed by atoms with Crippen molar-refractivity contribution in [2.24, 2.45) is 0 Å². The van der Waals surface area contributed by atoms with Crippen molar-refractivity contribution in [2.75, 3.05) is 5.32 Å². The number of nitrogens with zero attached hydrogens (tertiary/aromatic N) is 5. The molecular weight excluding hydrogens is 316 g/mol. The SMILES string of the molecule is Cc1cnn(CC(=O)Nc2ncn(Cc3ccccc3Cl)n2)c1. The van der Waals surface area contributed by atoms with E-state index in [9.17, 15) is 4.79 Å². The molecule has 0 saturated carbocycles. The maximum Gasteiger partial charge on any atom is 0.248 e. The quantitative estimate of drug-likeness (QED) is 0.777. The molecule has 3 rings (SSSR count). The van der Waals surface area contributed by atoms with E-state index in [0.29, 0.717) is 11.6 Å². The van der Waals surface area contributed by atoms with Gasteiger partial charge in [0.1, 0.15) is 12.9 Å². The minimum atomic E-state index is -0.233. The van der Waals surface area contributed by atoms with Crippen LogP contribution in [0.4, 0.5) is 5.95 Å². The van der Waals surface area contributed by atoms with Crippen LogP contribution < -0.4 is 5.32 Å². The summed E-state index contributed by atoms with van der Waals surface area (Å²) < 4.78 is 3.18. The second-order valence-corrected chi connectivity index (χ2v) is 5.53. The summed E-state index contributed by atoms with van der Waals surface area (Å²) in [6.07, 6.45) is 5.05. The summed E-state index contributed by atoms with van der Waals surface area (Å²) in [4.78, 5) is 16.0. The molecule has 0 atom stereocenters. The van der Waals surface area contributed by atoms with E-state index < -0.39 is 0 Å². The van der Waals surface area contributed by atoms with Gasteiger partial charge >= 0.3 is 0 Å². The maximum absolute atomic E-state index is 11.9. The summed E-state index contributed by atoms with van der Waals surface area (Å²) >= 11 is 6.12. The van der Waals surface area contributed by atoms with Crippen LogP contribution in [-0.4, -0.2) is 30.5 Å². The summed E-state index contributed by atoms with van der Waals surface area (Å²) in [6, 6.07) is 7.52. The van der Waals surface area contributed by atoms with E-state index in [1.54, 1.807) is 28.1 Å². The van der Waals surface area contributed by atoms with Gasteiger partial charge in [-0.15, -0.1) is 5.10 Å². The van der Waals surface area contributed by atoms with Crippen LogP contribution in [-0.2, 0) is 17.9 Å². The van der Waals surface area contributed by atoms with E-state index >= 15 is 0 Å². The lowest BCUT2D eigenvalue weighted by Crippen LogP contribution is -2.20. The molecule has 0 bridgehead atoms.